The summed E-state index contributed by atoms with van der Waals surface area (Å²) in [7, 11) is 0. The van der Waals surface area contributed by atoms with Gasteiger partial charge in [-0.15, -0.1) is 0 Å². The lowest BCUT2D eigenvalue weighted by atomic mass is 10.2. The van der Waals surface area contributed by atoms with E-state index in [2.05, 4.69) is 20.5 Å². The molecule has 0 aliphatic carbocycles. The van der Waals surface area contributed by atoms with Crippen LogP contribution in [-0.4, -0.2) is 21.1 Å². The standard InChI is InChI=1S/C13H16N4O/c1-7-5-6-11(8(2)14-7)15-13(18)12-9(3)16-17-10(12)4/h5-6H,1-4H3,(H,15,18)(H,16,17). The average molecular weight is 244 g/mol. The van der Waals surface area contributed by atoms with Gasteiger partial charge < -0.3 is 5.32 Å². The van der Waals surface area contributed by atoms with E-state index in [9.17, 15) is 4.79 Å². The van der Waals surface area contributed by atoms with E-state index in [1.165, 1.54) is 0 Å². The molecule has 2 aromatic rings. The molecule has 94 valence electrons. The normalized spacial score (nSPS) is 10.4. The maximum absolute atomic E-state index is 12.2. The number of nitrogens with zero attached hydrogens (tertiary/aromatic N) is 2. The third-order valence-electron chi connectivity index (χ3n) is 2.83. The molecule has 0 aliphatic heterocycles. The van der Waals surface area contributed by atoms with Crippen LogP contribution in [0.3, 0.4) is 0 Å². The van der Waals surface area contributed by atoms with Crippen LogP contribution in [0, 0.1) is 27.7 Å². The molecule has 18 heavy (non-hydrogen) atoms. The molecule has 2 heterocycles. The molecular weight excluding hydrogens is 228 g/mol. The number of carbonyl (C=O) groups excluding carboxylic acids is 1. The van der Waals surface area contributed by atoms with Crippen LogP contribution in [0.2, 0.25) is 0 Å². The summed E-state index contributed by atoms with van der Waals surface area (Å²) < 4.78 is 0. The van der Waals surface area contributed by atoms with Crippen LogP contribution in [-0.2, 0) is 0 Å². The van der Waals surface area contributed by atoms with E-state index in [4.69, 9.17) is 0 Å². The van der Waals surface area contributed by atoms with Crippen LogP contribution in [0.25, 0.3) is 0 Å². The number of aryl methyl sites for hydroxylation is 4. The van der Waals surface area contributed by atoms with Gasteiger partial charge in [0.1, 0.15) is 0 Å². The zero-order chi connectivity index (χ0) is 13.3. The Balaban J connectivity index is 2.27. The van der Waals surface area contributed by atoms with E-state index >= 15 is 0 Å². The second-order valence-corrected chi connectivity index (χ2v) is 4.35. The molecule has 0 fully saturated rings. The summed E-state index contributed by atoms with van der Waals surface area (Å²) in [5, 5.41) is 9.67. The summed E-state index contributed by atoms with van der Waals surface area (Å²) in [6.07, 6.45) is 0. The number of pyridine rings is 1. The number of amides is 1. The molecule has 0 spiro atoms. The summed E-state index contributed by atoms with van der Waals surface area (Å²) in [4.78, 5) is 16.5. The third kappa shape index (κ3) is 2.25. The Hall–Kier alpha value is -2.17. The predicted molar refractivity (Wildman–Crippen MR) is 69.7 cm³/mol. The quantitative estimate of drug-likeness (QED) is 0.851. The van der Waals surface area contributed by atoms with Gasteiger partial charge in [0.15, 0.2) is 0 Å². The second-order valence-electron chi connectivity index (χ2n) is 4.35. The number of rotatable bonds is 2. The van der Waals surface area contributed by atoms with Crippen molar-refractivity contribution in [3.8, 4) is 0 Å². The van der Waals surface area contributed by atoms with Crippen molar-refractivity contribution in [2.24, 2.45) is 0 Å². The smallest absolute Gasteiger partial charge is 0.259 e. The molecule has 2 rings (SSSR count). The molecule has 0 aromatic carbocycles. The number of aromatic nitrogens is 3. The number of anilines is 1. The van der Waals surface area contributed by atoms with E-state index in [0.717, 1.165) is 22.8 Å². The highest BCUT2D eigenvalue weighted by Crippen LogP contribution is 2.16. The highest BCUT2D eigenvalue weighted by molar-refractivity contribution is 6.06. The van der Waals surface area contributed by atoms with Gasteiger partial charge in [-0.3, -0.25) is 14.9 Å². The molecule has 0 radical (unpaired) electrons. The van der Waals surface area contributed by atoms with Gasteiger partial charge in [-0.1, -0.05) is 0 Å². The van der Waals surface area contributed by atoms with Gasteiger partial charge in [0.2, 0.25) is 0 Å². The molecule has 2 aromatic heterocycles. The van der Waals surface area contributed by atoms with Gasteiger partial charge in [-0.25, -0.2) is 0 Å². The van der Waals surface area contributed by atoms with Gasteiger partial charge in [0.05, 0.1) is 22.6 Å². The Morgan fingerprint density at radius 2 is 1.89 bits per heavy atom. The second kappa shape index (κ2) is 4.60. The van der Waals surface area contributed by atoms with Crippen LogP contribution in [0.5, 0.6) is 0 Å². The van der Waals surface area contributed by atoms with Gasteiger partial charge in [0, 0.05) is 11.4 Å². The van der Waals surface area contributed by atoms with Crippen LogP contribution < -0.4 is 5.32 Å². The van der Waals surface area contributed by atoms with Crippen LogP contribution >= 0.6 is 0 Å². The highest BCUT2D eigenvalue weighted by atomic mass is 16.1. The van der Waals surface area contributed by atoms with E-state index in [0.29, 0.717) is 11.3 Å². The number of aromatic amines is 1. The molecule has 0 saturated carbocycles. The lowest BCUT2D eigenvalue weighted by Crippen LogP contribution is -2.15. The minimum Gasteiger partial charge on any atom is -0.320 e. The molecule has 1 amide bonds. The van der Waals surface area contributed by atoms with E-state index in [-0.39, 0.29) is 5.91 Å². The van der Waals surface area contributed by atoms with Crippen molar-refractivity contribution in [3.05, 3.63) is 40.5 Å². The minimum absolute atomic E-state index is 0.160. The first-order valence-corrected chi connectivity index (χ1v) is 5.76. The molecule has 0 saturated heterocycles. The first-order valence-electron chi connectivity index (χ1n) is 5.76. The Morgan fingerprint density at radius 3 is 2.44 bits per heavy atom. The molecule has 0 unspecified atom stereocenters. The molecule has 2 N–H and O–H groups in total. The lowest BCUT2D eigenvalue weighted by molar-refractivity contribution is 0.102. The van der Waals surface area contributed by atoms with E-state index in [1.54, 1.807) is 6.92 Å². The minimum atomic E-state index is -0.160. The fraction of sp³-hybridized carbons (Fsp3) is 0.308. The molecule has 0 bridgehead atoms. The fourth-order valence-electron chi connectivity index (χ4n) is 1.89. The Labute approximate surface area is 106 Å². The van der Waals surface area contributed by atoms with Crippen molar-refractivity contribution in [1.29, 1.82) is 0 Å². The van der Waals surface area contributed by atoms with E-state index in [1.807, 2.05) is 32.9 Å². The van der Waals surface area contributed by atoms with Crippen LogP contribution in [0.15, 0.2) is 12.1 Å². The first-order chi connectivity index (χ1) is 8.49. The van der Waals surface area contributed by atoms with Crippen molar-refractivity contribution in [2.75, 3.05) is 5.32 Å². The average Bonchev–Trinajstić information content (AvgIpc) is 2.62. The fourth-order valence-corrected chi connectivity index (χ4v) is 1.89. The third-order valence-corrected chi connectivity index (χ3v) is 2.83. The largest absolute Gasteiger partial charge is 0.320 e. The molecule has 5 heteroatoms. The topological polar surface area (TPSA) is 70.7 Å². The lowest BCUT2D eigenvalue weighted by Gasteiger charge is -2.08. The summed E-state index contributed by atoms with van der Waals surface area (Å²) in [5.41, 5.74) is 4.52. The van der Waals surface area contributed by atoms with E-state index < -0.39 is 0 Å². The summed E-state index contributed by atoms with van der Waals surface area (Å²) in [5.74, 6) is -0.160. The predicted octanol–water partition coefficient (Wildman–Crippen LogP) is 2.29. The summed E-state index contributed by atoms with van der Waals surface area (Å²) in [6.45, 7) is 7.43. The molecule has 0 atom stereocenters. The van der Waals surface area contributed by atoms with Gasteiger partial charge in [-0.2, -0.15) is 5.10 Å². The maximum atomic E-state index is 12.2. The number of carbonyl (C=O) groups is 1. The summed E-state index contributed by atoms with van der Waals surface area (Å²) in [6, 6.07) is 3.73. The maximum Gasteiger partial charge on any atom is 0.259 e. The number of nitrogens with one attached hydrogen (secondary N) is 2. The molecule has 0 aliphatic rings. The Morgan fingerprint density at radius 1 is 1.17 bits per heavy atom. The summed E-state index contributed by atoms with van der Waals surface area (Å²) >= 11 is 0. The van der Waals surface area contributed by atoms with Crippen molar-refractivity contribution < 1.29 is 4.79 Å². The van der Waals surface area contributed by atoms with Gasteiger partial charge in [0.25, 0.3) is 5.91 Å². The SMILES string of the molecule is Cc1ccc(NC(=O)c2c(C)n[nH]c2C)c(C)n1. The zero-order valence-corrected chi connectivity index (χ0v) is 11.0. The molecular formula is C13H16N4O. The number of hydrogen-bond donors (Lipinski definition) is 2. The number of hydrogen-bond acceptors (Lipinski definition) is 3. The Bertz CT molecular complexity index is 582. The zero-order valence-electron chi connectivity index (χ0n) is 11.0. The Kier molecular flexibility index (Phi) is 3.14. The van der Waals surface area contributed by atoms with Crippen LogP contribution in [0.1, 0.15) is 33.1 Å². The monoisotopic (exact) mass is 244 g/mol. The van der Waals surface area contributed by atoms with Gasteiger partial charge >= 0.3 is 0 Å². The van der Waals surface area contributed by atoms with Crippen molar-refractivity contribution in [3.63, 3.8) is 0 Å². The number of H-pyrrole nitrogens is 1. The van der Waals surface area contributed by atoms with Crippen molar-refractivity contribution in [1.82, 2.24) is 15.2 Å². The van der Waals surface area contributed by atoms with Crippen molar-refractivity contribution in [2.45, 2.75) is 27.7 Å². The molecule has 5 nitrogen and oxygen atoms in total. The first kappa shape index (κ1) is 12.3. The van der Waals surface area contributed by atoms with Crippen molar-refractivity contribution >= 4 is 11.6 Å². The highest BCUT2D eigenvalue weighted by Gasteiger charge is 2.16. The van der Waals surface area contributed by atoms with Gasteiger partial charge in [-0.05, 0) is 39.8 Å². The van der Waals surface area contributed by atoms with Crippen LogP contribution in [0.4, 0.5) is 5.69 Å².